The third-order valence-corrected chi connectivity index (χ3v) is 6.68. The van der Waals surface area contributed by atoms with Crippen LogP contribution in [0.1, 0.15) is 29.0 Å². The maximum Gasteiger partial charge on any atom is 0.0991 e. The van der Waals surface area contributed by atoms with Gasteiger partial charge in [-0.3, -0.25) is 0 Å². The zero-order valence-corrected chi connectivity index (χ0v) is 15.9. The molecule has 0 radical (unpaired) electrons. The summed E-state index contributed by atoms with van der Waals surface area (Å²) >= 11 is 0. The highest BCUT2D eigenvalue weighted by Gasteiger charge is 2.44. The van der Waals surface area contributed by atoms with E-state index in [9.17, 15) is 0 Å². The van der Waals surface area contributed by atoms with E-state index in [4.69, 9.17) is 5.26 Å². The first kappa shape index (κ1) is 16.6. The first-order chi connectivity index (χ1) is 13.2. The molecule has 4 heteroatoms. The highest BCUT2D eigenvalue weighted by Crippen LogP contribution is 2.50. The topological polar surface area (TPSA) is 33.5 Å². The van der Waals surface area contributed by atoms with Gasteiger partial charge in [-0.1, -0.05) is 24.3 Å². The summed E-state index contributed by atoms with van der Waals surface area (Å²) in [5.74, 6) is 0.640. The Labute approximate surface area is 161 Å². The second-order valence-corrected chi connectivity index (χ2v) is 8.15. The van der Waals surface area contributed by atoms with Gasteiger partial charge in [-0.2, -0.15) is 5.26 Å². The van der Waals surface area contributed by atoms with Crippen LogP contribution >= 0.6 is 0 Å². The van der Waals surface area contributed by atoms with Crippen LogP contribution in [0.15, 0.2) is 42.5 Å². The van der Waals surface area contributed by atoms with Gasteiger partial charge in [0, 0.05) is 51.7 Å². The Morgan fingerprint density at radius 2 is 1.93 bits per heavy atom. The molecule has 1 saturated heterocycles. The van der Waals surface area contributed by atoms with Crippen LogP contribution in [0.2, 0.25) is 0 Å². The van der Waals surface area contributed by atoms with Crippen LogP contribution in [0.25, 0.3) is 0 Å². The molecule has 2 atom stereocenters. The van der Waals surface area contributed by atoms with Crippen molar-refractivity contribution in [1.82, 2.24) is 4.90 Å². The average molecular weight is 358 g/mol. The standard InChI is InChI=1S/C23H26N4/c1-25-13-14-27-21-10-12-26(11-9-17-5-7-18(15-24)8-6-17)16-20(21)19-3-2-4-22(25)23(19)27/h2-8,20-21H,9-14,16H2,1H3. The number of hydrogen-bond acceptors (Lipinski definition) is 4. The number of fused-ring (bicyclic) bond motifs is 3. The number of nitrogens with zero attached hydrogens (tertiary/aromatic N) is 4. The van der Waals surface area contributed by atoms with E-state index in [1.165, 1.54) is 29.9 Å². The first-order valence-electron chi connectivity index (χ1n) is 10.1. The Bertz CT molecular complexity index is 882. The molecule has 2 unspecified atom stereocenters. The fourth-order valence-electron chi connectivity index (χ4n) is 5.21. The summed E-state index contributed by atoms with van der Waals surface area (Å²) in [6.45, 7) is 5.74. The Hall–Kier alpha value is -2.51. The molecular formula is C23H26N4. The average Bonchev–Trinajstić information content (AvgIpc) is 3.04. The number of piperidine rings is 1. The van der Waals surface area contributed by atoms with Crippen molar-refractivity contribution in [3.8, 4) is 6.07 Å². The Morgan fingerprint density at radius 3 is 2.74 bits per heavy atom. The summed E-state index contributed by atoms with van der Waals surface area (Å²) < 4.78 is 0. The van der Waals surface area contributed by atoms with Crippen molar-refractivity contribution in [2.45, 2.75) is 24.8 Å². The second-order valence-electron chi connectivity index (χ2n) is 8.15. The van der Waals surface area contributed by atoms with Crippen LogP contribution in [0.4, 0.5) is 11.4 Å². The molecule has 0 saturated carbocycles. The molecular weight excluding hydrogens is 332 g/mol. The molecule has 1 fully saturated rings. The van der Waals surface area contributed by atoms with Gasteiger partial charge in [0.1, 0.15) is 0 Å². The fourth-order valence-corrected chi connectivity index (χ4v) is 5.21. The summed E-state index contributed by atoms with van der Waals surface area (Å²) in [7, 11) is 2.22. The van der Waals surface area contributed by atoms with E-state index in [0.29, 0.717) is 12.0 Å². The zero-order chi connectivity index (χ0) is 18.4. The molecule has 27 heavy (non-hydrogen) atoms. The minimum absolute atomic E-state index is 0.640. The van der Waals surface area contributed by atoms with Gasteiger partial charge in [0.2, 0.25) is 0 Å². The molecule has 0 aromatic heterocycles. The lowest BCUT2D eigenvalue weighted by Crippen LogP contribution is -2.49. The molecule has 0 spiro atoms. The molecule has 2 aromatic carbocycles. The molecule has 0 bridgehead atoms. The van der Waals surface area contributed by atoms with E-state index in [-0.39, 0.29) is 0 Å². The molecule has 4 nitrogen and oxygen atoms in total. The van der Waals surface area contributed by atoms with Crippen LogP contribution in [-0.2, 0) is 6.42 Å². The molecule has 5 rings (SSSR count). The monoisotopic (exact) mass is 358 g/mol. The van der Waals surface area contributed by atoms with Gasteiger partial charge in [0.25, 0.3) is 0 Å². The Balaban J connectivity index is 1.31. The Kier molecular flexibility index (Phi) is 4.06. The van der Waals surface area contributed by atoms with Crippen molar-refractivity contribution in [2.75, 3.05) is 49.6 Å². The third kappa shape index (κ3) is 2.78. The van der Waals surface area contributed by atoms with Crippen molar-refractivity contribution in [2.24, 2.45) is 0 Å². The van der Waals surface area contributed by atoms with Crippen molar-refractivity contribution in [3.63, 3.8) is 0 Å². The molecule has 3 aliphatic rings. The summed E-state index contributed by atoms with van der Waals surface area (Å²) in [6.07, 6.45) is 2.32. The Morgan fingerprint density at radius 1 is 1.07 bits per heavy atom. The number of hydrogen-bond donors (Lipinski definition) is 0. The van der Waals surface area contributed by atoms with E-state index in [2.05, 4.69) is 58.1 Å². The summed E-state index contributed by atoms with van der Waals surface area (Å²) in [5.41, 5.74) is 6.56. The number of benzene rings is 2. The number of likely N-dealkylation sites (tertiary alicyclic amines) is 1. The largest absolute Gasteiger partial charge is 0.371 e. The van der Waals surface area contributed by atoms with Gasteiger partial charge in [0.15, 0.2) is 0 Å². The summed E-state index contributed by atoms with van der Waals surface area (Å²) in [6, 6.07) is 17.8. The summed E-state index contributed by atoms with van der Waals surface area (Å²) in [4.78, 5) is 7.75. The minimum atomic E-state index is 0.640. The molecule has 0 N–H and O–H groups in total. The lowest BCUT2D eigenvalue weighted by atomic mass is 9.89. The van der Waals surface area contributed by atoms with Crippen molar-refractivity contribution < 1.29 is 0 Å². The van der Waals surface area contributed by atoms with Gasteiger partial charge in [-0.15, -0.1) is 0 Å². The predicted octanol–water partition coefficient (Wildman–Crippen LogP) is 3.23. The van der Waals surface area contributed by atoms with Crippen LogP contribution in [0.5, 0.6) is 0 Å². The van der Waals surface area contributed by atoms with Crippen molar-refractivity contribution in [1.29, 1.82) is 5.26 Å². The zero-order valence-electron chi connectivity index (χ0n) is 15.9. The normalized spacial score (nSPS) is 23.7. The molecule has 3 heterocycles. The molecule has 0 aliphatic carbocycles. The number of para-hydroxylation sites is 1. The first-order valence-corrected chi connectivity index (χ1v) is 10.1. The molecule has 2 aromatic rings. The van der Waals surface area contributed by atoms with Gasteiger partial charge in [0.05, 0.1) is 23.0 Å². The van der Waals surface area contributed by atoms with Crippen LogP contribution < -0.4 is 9.80 Å². The fraction of sp³-hybridized carbons (Fsp3) is 0.435. The lowest BCUT2D eigenvalue weighted by Gasteiger charge is -2.41. The molecule has 138 valence electrons. The van der Waals surface area contributed by atoms with E-state index < -0.39 is 0 Å². The number of rotatable bonds is 3. The van der Waals surface area contributed by atoms with Crippen LogP contribution in [-0.4, -0.2) is 50.7 Å². The number of anilines is 2. The highest BCUT2D eigenvalue weighted by atomic mass is 15.3. The van der Waals surface area contributed by atoms with Crippen molar-refractivity contribution >= 4 is 11.4 Å². The van der Waals surface area contributed by atoms with E-state index in [0.717, 1.165) is 38.2 Å². The van der Waals surface area contributed by atoms with Gasteiger partial charge < -0.3 is 14.7 Å². The van der Waals surface area contributed by atoms with E-state index in [1.807, 2.05) is 12.1 Å². The maximum absolute atomic E-state index is 8.95. The van der Waals surface area contributed by atoms with E-state index in [1.54, 1.807) is 5.56 Å². The van der Waals surface area contributed by atoms with Crippen molar-refractivity contribution in [3.05, 3.63) is 59.2 Å². The summed E-state index contributed by atoms with van der Waals surface area (Å²) in [5, 5.41) is 8.95. The molecule has 3 aliphatic heterocycles. The van der Waals surface area contributed by atoms with Gasteiger partial charge in [-0.25, -0.2) is 0 Å². The van der Waals surface area contributed by atoms with Crippen LogP contribution in [0.3, 0.4) is 0 Å². The number of likely N-dealkylation sites (N-methyl/N-ethyl adjacent to an activating group) is 1. The predicted molar refractivity (Wildman–Crippen MR) is 110 cm³/mol. The van der Waals surface area contributed by atoms with Gasteiger partial charge >= 0.3 is 0 Å². The second kappa shape index (κ2) is 6.58. The molecule has 0 amide bonds. The van der Waals surface area contributed by atoms with Crippen LogP contribution in [0, 0.1) is 11.3 Å². The lowest BCUT2D eigenvalue weighted by molar-refractivity contribution is 0.195. The highest BCUT2D eigenvalue weighted by molar-refractivity contribution is 5.80. The van der Waals surface area contributed by atoms with Gasteiger partial charge in [-0.05, 0) is 42.2 Å². The number of nitriles is 1. The SMILES string of the molecule is CN1CCN2c3c(cccc31)C1CN(CCc3ccc(C#N)cc3)CCC12. The smallest absolute Gasteiger partial charge is 0.0991 e. The minimum Gasteiger partial charge on any atom is -0.371 e. The maximum atomic E-state index is 8.95. The third-order valence-electron chi connectivity index (χ3n) is 6.68. The van der Waals surface area contributed by atoms with E-state index >= 15 is 0 Å². The quantitative estimate of drug-likeness (QED) is 0.844.